The van der Waals surface area contributed by atoms with Gasteiger partial charge in [0, 0.05) is 106 Å². The minimum Gasteiger partial charge on any atom is -0.428 e. The summed E-state index contributed by atoms with van der Waals surface area (Å²) in [5, 5.41) is 1.24. The van der Waals surface area contributed by atoms with Crippen molar-refractivity contribution in [2.24, 2.45) is 17.8 Å². The van der Waals surface area contributed by atoms with Crippen molar-refractivity contribution in [3.63, 3.8) is 0 Å². The molecule has 3 unspecified atom stereocenters. The number of hydrogen-bond acceptors (Lipinski definition) is 9. The first-order chi connectivity index (χ1) is 34.6. The molecular weight excluding hydrogens is 982 g/mol. The van der Waals surface area contributed by atoms with Crippen LogP contribution in [0, 0.1) is 17.8 Å². The second-order valence-corrected chi connectivity index (χ2v) is 23.2. The van der Waals surface area contributed by atoms with Crippen LogP contribution in [0.4, 0.5) is 17.1 Å². The molecule has 378 valence electrons. The fourth-order valence-corrected chi connectivity index (χ4v) is 11.7. The van der Waals surface area contributed by atoms with E-state index in [1.54, 1.807) is 0 Å². The molecule has 73 heavy (non-hydrogen) atoms. The van der Waals surface area contributed by atoms with Crippen LogP contribution in [0.1, 0.15) is 58.2 Å². The van der Waals surface area contributed by atoms with E-state index >= 15 is 0 Å². The second-order valence-electron chi connectivity index (χ2n) is 19.2. The quantitative estimate of drug-likeness (QED) is 0.0755. The molecular formula is C57H66AlN9O3S3. The molecule has 6 aromatic carbocycles. The van der Waals surface area contributed by atoms with E-state index in [2.05, 4.69) is 125 Å². The number of fused-ring (bicyclic) bond motifs is 3. The molecule has 9 rings (SSSR count). The summed E-state index contributed by atoms with van der Waals surface area (Å²) in [7, 11) is 2.47. The van der Waals surface area contributed by atoms with Crippen LogP contribution in [-0.2, 0) is 49.7 Å². The Morgan fingerprint density at radius 3 is 0.863 bits per heavy atom. The molecule has 0 fully saturated rings. The maximum absolute atomic E-state index is 12.7. The first kappa shape index (κ1) is 56.4. The van der Waals surface area contributed by atoms with Gasteiger partial charge in [-0.25, -0.2) is 0 Å². The molecule has 3 aromatic heterocycles. The minimum absolute atomic E-state index is 0. The fourth-order valence-electron chi connectivity index (χ4n) is 8.53. The molecule has 9 aromatic rings. The van der Waals surface area contributed by atoms with Crippen LogP contribution < -0.4 is 29.7 Å². The van der Waals surface area contributed by atoms with Gasteiger partial charge in [-0.2, -0.15) is 0 Å². The molecule has 0 saturated carbocycles. The molecule has 0 radical (unpaired) electrons. The molecule has 0 aliphatic heterocycles. The van der Waals surface area contributed by atoms with Gasteiger partial charge in [-0.15, -0.1) is 0 Å². The van der Waals surface area contributed by atoms with Gasteiger partial charge in [0.15, 0.2) is 0 Å². The maximum atomic E-state index is 12.7. The number of benzene rings is 6. The number of anilines is 3. The third kappa shape index (κ3) is 15.6. The Morgan fingerprint density at radius 1 is 0.384 bits per heavy atom. The Morgan fingerprint density at radius 2 is 0.616 bits per heavy atom. The van der Waals surface area contributed by atoms with Crippen LogP contribution in [-0.4, -0.2) is 85.7 Å². The predicted octanol–water partition coefficient (Wildman–Crippen LogP) is 10.4. The van der Waals surface area contributed by atoms with Gasteiger partial charge in [-0.1, -0.05) is 169 Å². The Bertz CT molecular complexity index is 2820. The van der Waals surface area contributed by atoms with Crippen LogP contribution in [0.2, 0.25) is 0 Å². The molecule has 0 saturated heterocycles. The number of nitrogens with zero attached hydrogens (tertiary/aromatic N) is 9. The normalized spacial score (nSPS) is 12.5. The number of para-hydroxylation sites is 9. The van der Waals surface area contributed by atoms with E-state index in [-0.39, 0.29) is 17.4 Å². The van der Waals surface area contributed by atoms with Crippen LogP contribution in [0.15, 0.2) is 161 Å². The van der Waals surface area contributed by atoms with E-state index in [9.17, 15) is 12.6 Å². The summed E-state index contributed by atoms with van der Waals surface area (Å²) >= 11 is 0. The van der Waals surface area contributed by atoms with Gasteiger partial charge in [-0.05, 0) is 85.7 Å². The summed E-state index contributed by atoms with van der Waals surface area (Å²) < 4.78 is 38.2. The Hall–Kier alpha value is -5.89. The van der Waals surface area contributed by atoms with Gasteiger partial charge < -0.3 is 44.6 Å². The zero-order valence-corrected chi connectivity index (χ0v) is 47.0. The number of hydrogen-bond donors (Lipinski definition) is 0. The van der Waals surface area contributed by atoms with E-state index in [4.69, 9.17) is 0 Å². The summed E-state index contributed by atoms with van der Waals surface area (Å²) in [6.45, 7) is 16.0. The van der Waals surface area contributed by atoms with Gasteiger partial charge in [0.05, 0.1) is 17.3 Å². The van der Waals surface area contributed by atoms with E-state index in [1.807, 2.05) is 127 Å². The first-order valence-electron chi connectivity index (χ1n) is 24.3. The monoisotopic (exact) mass is 1050 g/mol. The average Bonchev–Trinajstić information content (AvgIpc) is 4.12. The van der Waals surface area contributed by atoms with Crippen molar-refractivity contribution in [2.75, 3.05) is 55.5 Å². The van der Waals surface area contributed by atoms with Crippen molar-refractivity contribution < 1.29 is 12.6 Å². The Labute approximate surface area is 449 Å². The SMILES string of the molecule is CC(C)CN(C)c1ccccc1CS(=O)c1nc2ccccc2[n-]1.CC(C)CN(C)c1ccccc1CS(=O)c1nc2ccccc2[n-]1.CC(C)CN(C)c1ccccc1CS(=O)c1nc2ccccc2[n-]1.[Al+3]. The van der Waals surface area contributed by atoms with Crippen molar-refractivity contribution in [2.45, 2.75) is 74.3 Å². The Balaban J connectivity index is 0.000000177. The van der Waals surface area contributed by atoms with Crippen LogP contribution >= 0.6 is 0 Å². The van der Waals surface area contributed by atoms with Crippen molar-refractivity contribution in [1.29, 1.82) is 0 Å². The van der Waals surface area contributed by atoms with E-state index in [1.165, 1.54) is 0 Å². The molecule has 12 nitrogen and oxygen atoms in total. The van der Waals surface area contributed by atoms with Gasteiger partial charge in [0.25, 0.3) is 0 Å². The summed E-state index contributed by atoms with van der Waals surface area (Å²) in [6, 6.07) is 47.2. The molecule has 3 atom stereocenters. The van der Waals surface area contributed by atoms with Gasteiger partial charge in [0.2, 0.25) is 0 Å². The summed E-state index contributed by atoms with van der Waals surface area (Å²) in [5.74, 6) is 2.98. The largest absolute Gasteiger partial charge is 3.00 e. The van der Waals surface area contributed by atoms with E-state index < -0.39 is 32.4 Å². The third-order valence-corrected chi connectivity index (χ3v) is 15.0. The molecule has 0 amide bonds. The maximum Gasteiger partial charge on any atom is 3.00 e. The van der Waals surface area contributed by atoms with Crippen molar-refractivity contribution >= 4 is 99.9 Å². The second kappa shape index (κ2) is 26.9. The smallest absolute Gasteiger partial charge is 0.428 e. The zero-order valence-electron chi connectivity index (χ0n) is 43.4. The minimum atomic E-state index is -1.26. The Kier molecular flexibility index (Phi) is 20.8. The van der Waals surface area contributed by atoms with Crippen molar-refractivity contribution in [1.82, 2.24) is 29.9 Å². The third-order valence-electron chi connectivity index (χ3n) is 11.5. The van der Waals surface area contributed by atoms with Crippen molar-refractivity contribution in [3.8, 4) is 0 Å². The zero-order chi connectivity index (χ0) is 51.3. The molecule has 0 bridgehead atoms. The van der Waals surface area contributed by atoms with Crippen LogP contribution in [0.3, 0.4) is 0 Å². The number of rotatable bonds is 18. The van der Waals surface area contributed by atoms with Gasteiger partial charge >= 0.3 is 17.4 Å². The van der Waals surface area contributed by atoms with Gasteiger partial charge in [-0.3, -0.25) is 12.6 Å². The van der Waals surface area contributed by atoms with Crippen molar-refractivity contribution in [3.05, 3.63) is 162 Å². The fraction of sp³-hybridized carbons (Fsp3) is 0.316. The van der Waals surface area contributed by atoms with E-state index in [0.717, 1.165) is 86.5 Å². The molecule has 0 aliphatic rings. The molecule has 0 N–H and O–H groups in total. The number of imidazole rings is 3. The average molecular weight is 1050 g/mol. The summed E-state index contributed by atoms with van der Waals surface area (Å²) in [6.07, 6.45) is 0. The molecule has 0 aliphatic carbocycles. The van der Waals surface area contributed by atoms with Crippen LogP contribution in [0.25, 0.3) is 33.1 Å². The standard InChI is InChI=1S/3C19H22N3OS.Al/c3*1-14(2)12-22(3)18-11-7-4-8-15(18)13-24(23)19-20-16-9-5-6-10-17(16)21-19;/h3*4-11,14H,12-13H2,1-3H3;/q3*-1;+3. The van der Waals surface area contributed by atoms with E-state index in [0.29, 0.717) is 50.5 Å². The molecule has 16 heteroatoms. The summed E-state index contributed by atoms with van der Waals surface area (Å²) in [5.41, 5.74) is 11.3. The molecule has 3 heterocycles. The van der Waals surface area contributed by atoms with Gasteiger partial charge in [0.1, 0.15) is 0 Å². The predicted molar refractivity (Wildman–Crippen MR) is 305 cm³/mol. The molecule has 0 spiro atoms. The summed E-state index contributed by atoms with van der Waals surface area (Å²) in [4.78, 5) is 33.1. The number of aromatic nitrogens is 6. The van der Waals surface area contributed by atoms with Crippen LogP contribution in [0.5, 0.6) is 0 Å². The topological polar surface area (TPSA) is 142 Å². The first-order valence-corrected chi connectivity index (χ1v) is 28.3.